The van der Waals surface area contributed by atoms with Crippen molar-refractivity contribution < 1.29 is 4.52 Å². The summed E-state index contributed by atoms with van der Waals surface area (Å²) in [6.07, 6.45) is 1.47. The Kier molecular flexibility index (Phi) is 2.48. The summed E-state index contributed by atoms with van der Waals surface area (Å²) in [7, 11) is 0. The Bertz CT molecular complexity index is 470. The maximum Gasteiger partial charge on any atom is 0.190 e. The molecule has 1 heterocycles. The lowest BCUT2D eigenvalue weighted by Crippen LogP contribution is -1.85. The maximum absolute atomic E-state index is 5.81. The van der Waals surface area contributed by atoms with E-state index in [9.17, 15) is 0 Å². The Balaban J connectivity index is 2.58. The predicted octanol–water partition coefficient (Wildman–Crippen LogP) is 3.34. The third-order valence-electron chi connectivity index (χ3n) is 1.77. The summed E-state index contributed by atoms with van der Waals surface area (Å²) < 4.78 is 5.85. The second-order valence-corrected chi connectivity index (χ2v) is 4.03. The van der Waals surface area contributed by atoms with E-state index >= 15 is 0 Å². The maximum atomic E-state index is 5.81. The Morgan fingerprint density at radius 2 is 2.21 bits per heavy atom. The zero-order valence-electron chi connectivity index (χ0n) is 7.00. The van der Waals surface area contributed by atoms with Gasteiger partial charge in [-0.2, -0.15) is 0 Å². The smallest absolute Gasteiger partial charge is 0.190 e. The molecule has 0 saturated carbocycles. The van der Waals surface area contributed by atoms with Crippen LogP contribution in [0.2, 0.25) is 5.02 Å². The molecule has 0 aliphatic carbocycles. The Morgan fingerprint density at radius 3 is 2.79 bits per heavy atom. The molecule has 0 radical (unpaired) electrons. The van der Waals surface area contributed by atoms with Gasteiger partial charge >= 0.3 is 0 Å². The Labute approximate surface area is 94.0 Å². The zero-order valence-corrected chi connectivity index (χ0v) is 9.34. The first kappa shape index (κ1) is 9.55. The van der Waals surface area contributed by atoms with Crippen molar-refractivity contribution in [1.29, 1.82) is 0 Å². The fourth-order valence-electron chi connectivity index (χ4n) is 1.13. The van der Waals surface area contributed by atoms with Crippen LogP contribution < -0.4 is 5.73 Å². The largest absolute Gasteiger partial charge is 0.394 e. The molecule has 5 heteroatoms. The van der Waals surface area contributed by atoms with E-state index in [1.165, 1.54) is 6.20 Å². The third-order valence-corrected chi connectivity index (χ3v) is 2.66. The highest BCUT2D eigenvalue weighted by atomic mass is 79.9. The highest BCUT2D eigenvalue weighted by molar-refractivity contribution is 9.10. The molecule has 2 rings (SSSR count). The van der Waals surface area contributed by atoms with Crippen LogP contribution in [0, 0.1) is 0 Å². The molecule has 0 amide bonds. The van der Waals surface area contributed by atoms with Crippen LogP contribution in [-0.4, -0.2) is 5.16 Å². The van der Waals surface area contributed by atoms with Crippen molar-refractivity contribution in [2.45, 2.75) is 0 Å². The number of nitrogens with two attached hydrogens (primary N) is 1. The molecular formula is C9H6BrClN2O. The van der Waals surface area contributed by atoms with Gasteiger partial charge in [0.1, 0.15) is 5.69 Å². The van der Waals surface area contributed by atoms with E-state index in [4.69, 9.17) is 21.9 Å². The molecule has 2 N–H and O–H groups in total. The number of hydrogen-bond acceptors (Lipinski definition) is 3. The molecule has 0 fully saturated rings. The predicted molar refractivity (Wildman–Crippen MR) is 59.1 cm³/mol. The van der Waals surface area contributed by atoms with Crippen molar-refractivity contribution in [3.63, 3.8) is 0 Å². The standard InChI is InChI=1S/C9H6BrClN2O/c10-7-3-5(11)1-2-6(7)9-8(12)4-13-14-9/h1-4H,12H2. The molecule has 1 aromatic carbocycles. The van der Waals surface area contributed by atoms with Crippen LogP contribution in [0.4, 0.5) is 5.69 Å². The minimum Gasteiger partial charge on any atom is -0.394 e. The fraction of sp³-hybridized carbons (Fsp3) is 0. The molecular weight excluding hydrogens is 267 g/mol. The first-order valence-electron chi connectivity index (χ1n) is 3.84. The minimum absolute atomic E-state index is 0.507. The van der Waals surface area contributed by atoms with E-state index in [-0.39, 0.29) is 0 Å². The average molecular weight is 274 g/mol. The highest BCUT2D eigenvalue weighted by Crippen LogP contribution is 2.33. The van der Waals surface area contributed by atoms with Crippen molar-refractivity contribution in [2.24, 2.45) is 0 Å². The number of benzene rings is 1. The van der Waals surface area contributed by atoms with Crippen molar-refractivity contribution in [2.75, 3.05) is 5.73 Å². The first-order valence-corrected chi connectivity index (χ1v) is 5.01. The van der Waals surface area contributed by atoms with E-state index < -0.39 is 0 Å². The van der Waals surface area contributed by atoms with Gasteiger partial charge in [-0.3, -0.25) is 0 Å². The van der Waals surface area contributed by atoms with E-state index in [0.717, 1.165) is 10.0 Å². The molecule has 3 nitrogen and oxygen atoms in total. The van der Waals surface area contributed by atoms with Crippen LogP contribution in [0.25, 0.3) is 11.3 Å². The number of halogens is 2. The topological polar surface area (TPSA) is 52.0 Å². The lowest BCUT2D eigenvalue weighted by atomic mass is 10.1. The van der Waals surface area contributed by atoms with Gasteiger partial charge in [0.15, 0.2) is 5.76 Å². The van der Waals surface area contributed by atoms with Gasteiger partial charge in [0.2, 0.25) is 0 Å². The van der Waals surface area contributed by atoms with Gasteiger partial charge < -0.3 is 10.3 Å². The molecule has 0 atom stereocenters. The van der Waals surface area contributed by atoms with Crippen LogP contribution in [0.15, 0.2) is 33.4 Å². The molecule has 72 valence electrons. The van der Waals surface area contributed by atoms with Gasteiger partial charge in [-0.15, -0.1) is 0 Å². The van der Waals surface area contributed by atoms with Crippen LogP contribution in [0.5, 0.6) is 0 Å². The number of rotatable bonds is 1. The number of nitrogen functional groups attached to an aromatic ring is 1. The van der Waals surface area contributed by atoms with Crippen molar-refractivity contribution in [3.8, 4) is 11.3 Å². The normalized spacial score (nSPS) is 10.4. The summed E-state index contributed by atoms with van der Waals surface area (Å²) in [6.45, 7) is 0. The lowest BCUT2D eigenvalue weighted by molar-refractivity contribution is 0.432. The molecule has 0 aliphatic rings. The quantitative estimate of drug-likeness (QED) is 0.867. The van der Waals surface area contributed by atoms with Crippen LogP contribution in [-0.2, 0) is 0 Å². The van der Waals surface area contributed by atoms with Crippen LogP contribution >= 0.6 is 27.5 Å². The monoisotopic (exact) mass is 272 g/mol. The molecule has 0 aliphatic heterocycles. The SMILES string of the molecule is Nc1cnoc1-c1ccc(Cl)cc1Br. The third kappa shape index (κ3) is 1.63. The summed E-state index contributed by atoms with van der Waals surface area (Å²) in [5.74, 6) is 0.550. The lowest BCUT2D eigenvalue weighted by Gasteiger charge is -2.01. The summed E-state index contributed by atoms with van der Waals surface area (Å²) >= 11 is 9.19. The number of aromatic nitrogens is 1. The van der Waals surface area contributed by atoms with Crippen molar-refractivity contribution in [1.82, 2.24) is 5.16 Å². The number of nitrogens with zero attached hydrogens (tertiary/aromatic N) is 1. The van der Waals surface area contributed by atoms with E-state index in [1.54, 1.807) is 12.1 Å². The van der Waals surface area contributed by atoms with E-state index in [2.05, 4.69) is 21.1 Å². The zero-order chi connectivity index (χ0) is 10.1. The fourth-order valence-corrected chi connectivity index (χ4v) is 1.99. The van der Waals surface area contributed by atoms with Crippen molar-refractivity contribution >= 4 is 33.2 Å². The van der Waals surface area contributed by atoms with Gasteiger partial charge in [-0.1, -0.05) is 16.8 Å². The van der Waals surface area contributed by atoms with Gasteiger partial charge in [0.25, 0.3) is 0 Å². The molecule has 0 spiro atoms. The van der Waals surface area contributed by atoms with Crippen LogP contribution in [0.3, 0.4) is 0 Å². The molecule has 14 heavy (non-hydrogen) atoms. The molecule has 1 aromatic heterocycles. The van der Waals surface area contributed by atoms with Crippen LogP contribution in [0.1, 0.15) is 0 Å². The van der Waals surface area contributed by atoms with E-state index in [1.807, 2.05) is 6.07 Å². The second kappa shape index (κ2) is 3.63. The van der Waals surface area contributed by atoms with Crippen molar-refractivity contribution in [3.05, 3.63) is 33.9 Å². The van der Waals surface area contributed by atoms with E-state index in [0.29, 0.717) is 16.5 Å². The molecule has 0 bridgehead atoms. The molecule has 0 unspecified atom stereocenters. The number of hydrogen-bond donors (Lipinski definition) is 1. The second-order valence-electron chi connectivity index (χ2n) is 2.73. The van der Waals surface area contributed by atoms with Gasteiger partial charge in [-0.05, 0) is 34.1 Å². The van der Waals surface area contributed by atoms with Gasteiger partial charge in [-0.25, -0.2) is 0 Å². The highest BCUT2D eigenvalue weighted by Gasteiger charge is 2.11. The summed E-state index contributed by atoms with van der Waals surface area (Å²) in [5.41, 5.74) is 7.01. The summed E-state index contributed by atoms with van der Waals surface area (Å²) in [6, 6.07) is 5.37. The molecule has 0 saturated heterocycles. The van der Waals surface area contributed by atoms with Gasteiger partial charge in [0, 0.05) is 15.1 Å². The number of anilines is 1. The average Bonchev–Trinajstić information content (AvgIpc) is 2.52. The summed E-state index contributed by atoms with van der Waals surface area (Å²) in [4.78, 5) is 0. The summed E-state index contributed by atoms with van der Waals surface area (Å²) in [5, 5.41) is 4.26. The van der Waals surface area contributed by atoms with Gasteiger partial charge in [0.05, 0.1) is 6.20 Å². The minimum atomic E-state index is 0.507. The Hall–Kier alpha value is -1.000. The Morgan fingerprint density at radius 1 is 1.43 bits per heavy atom. The first-order chi connectivity index (χ1) is 6.68. The molecule has 2 aromatic rings.